The van der Waals surface area contributed by atoms with Gasteiger partial charge in [-0.2, -0.15) is 0 Å². The molecule has 1 atom stereocenters. The molecule has 0 fully saturated rings. The van der Waals surface area contributed by atoms with Crippen LogP contribution in [0.2, 0.25) is 0 Å². The van der Waals surface area contributed by atoms with Crippen LogP contribution in [0.3, 0.4) is 0 Å². The number of rotatable bonds is 4. The van der Waals surface area contributed by atoms with Crippen molar-refractivity contribution in [1.82, 2.24) is 5.43 Å². The van der Waals surface area contributed by atoms with Gasteiger partial charge in [-0.15, -0.1) is 0 Å². The van der Waals surface area contributed by atoms with E-state index < -0.39 is 0 Å². The van der Waals surface area contributed by atoms with E-state index in [0.717, 1.165) is 16.9 Å². The predicted octanol–water partition coefficient (Wildman–Crippen LogP) is 2.08. The molecule has 0 aliphatic rings. The second-order valence-corrected chi connectivity index (χ2v) is 3.69. The molecule has 1 aromatic rings. The molecule has 0 spiro atoms. The van der Waals surface area contributed by atoms with Crippen LogP contribution in [-0.2, 0) is 0 Å². The summed E-state index contributed by atoms with van der Waals surface area (Å²) in [4.78, 5) is 0. The summed E-state index contributed by atoms with van der Waals surface area (Å²) >= 11 is 0. The maximum atomic E-state index is 5.51. The van der Waals surface area contributed by atoms with E-state index in [0.29, 0.717) is 0 Å². The van der Waals surface area contributed by atoms with Crippen molar-refractivity contribution in [3.8, 4) is 5.75 Å². The van der Waals surface area contributed by atoms with E-state index in [1.807, 2.05) is 26.0 Å². The van der Waals surface area contributed by atoms with Crippen LogP contribution < -0.4 is 16.0 Å². The minimum absolute atomic E-state index is 0.0696. The van der Waals surface area contributed by atoms with E-state index in [4.69, 9.17) is 10.6 Å². The molecule has 0 amide bonds. The van der Waals surface area contributed by atoms with Gasteiger partial charge in [-0.3, -0.25) is 5.84 Å². The summed E-state index contributed by atoms with van der Waals surface area (Å²) in [5, 5.41) is 0. The summed E-state index contributed by atoms with van der Waals surface area (Å²) in [6.45, 7) is 7.88. The number of ether oxygens (including phenoxy) is 1. The normalized spacial score (nSPS) is 12.3. The Morgan fingerprint density at radius 3 is 2.67 bits per heavy atom. The van der Waals surface area contributed by atoms with Crippen molar-refractivity contribution in [2.24, 2.45) is 5.84 Å². The number of hydrogen-bond donors (Lipinski definition) is 2. The highest BCUT2D eigenvalue weighted by atomic mass is 16.5. The number of aryl methyl sites for hydroxylation is 1. The third-order valence-electron chi connectivity index (χ3n) is 2.36. The zero-order valence-corrected chi connectivity index (χ0v) is 9.50. The van der Waals surface area contributed by atoms with Crippen LogP contribution in [0.5, 0.6) is 5.75 Å². The average Bonchev–Trinajstić information content (AvgIpc) is 2.18. The van der Waals surface area contributed by atoms with Crippen LogP contribution in [0.1, 0.15) is 24.1 Å². The monoisotopic (exact) mass is 206 g/mol. The molecule has 3 heteroatoms. The molecule has 0 aliphatic heterocycles. The number of nitrogens with one attached hydrogen (secondary N) is 1. The smallest absolute Gasteiger partial charge is 0.124 e. The lowest BCUT2D eigenvalue weighted by Gasteiger charge is -2.19. The van der Waals surface area contributed by atoms with E-state index in [-0.39, 0.29) is 6.04 Å². The van der Waals surface area contributed by atoms with Gasteiger partial charge in [0.2, 0.25) is 0 Å². The van der Waals surface area contributed by atoms with Gasteiger partial charge in [0.15, 0.2) is 0 Å². The molecule has 0 saturated carbocycles. The van der Waals surface area contributed by atoms with Crippen LogP contribution in [0, 0.1) is 6.92 Å². The Labute approximate surface area is 90.9 Å². The molecule has 0 saturated heterocycles. The zero-order chi connectivity index (χ0) is 11.4. The molecule has 3 N–H and O–H groups in total. The summed E-state index contributed by atoms with van der Waals surface area (Å²) in [5.41, 5.74) is 5.89. The van der Waals surface area contributed by atoms with Gasteiger partial charge in [0.1, 0.15) is 5.75 Å². The van der Waals surface area contributed by atoms with Gasteiger partial charge in [-0.1, -0.05) is 29.8 Å². The molecule has 1 rings (SSSR count). The van der Waals surface area contributed by atoms with Gasteiger partial charge in [0, 0.05) is 5.56 Å². The molecule has 0 heterocycles. The van der Waals surface area contributed by atoms with Crippen LogP contribution in [0.25, 0.3) is 0 Å². The van der Waals surface area contributed by atoms with Crippen molar-refractivity contribution in [2.75, 3.05) is 7.11 Å². The maximum Gasteiger partial charge on any atom is 0.124 e. The summed E-state index contributed by atoms with van der Waals surface area (Å²) in [6, 6.07) is 5.93. The Balaban J connectivity index is 3.19. The number of methoxy groups -OCH3 is 1. The van der Waals surface area contributed by atoms with E-state index in [9.17, 15) is 0 Å². The van der Waals surface area contributed by atoms with Crippen LogP contribution in [0.4, 0.5) is 0 Å². The van der Waals surface area contributed by atoms with Crippen molar-refractivity contribution in [2.45, 2.75) is 19.9 Å². The molecule has 0 aromatic heterocycles. The van der Waals surface area contributed by atoms with E-state index in [1.54, 1.807) is 7.11 Å². The third kappa shape index (κ3) is 2.58. The number of benzene rings is 1. The maximum absolute atomic E-state index is 5.51. The first kappa shape index (κ1) is 11.8. The number of hydrogen-bond acceptors (Lipinski definition) is 3. The molecule has 15 heavy (non-hydrogen) atoms. The largest absolute Gasteiger partial charge is 0.496 e. The van der Waals surface area contributed by atoms with Gasteiger partial charge in [0.05, 0.1) is 13.2 Å². The van der Waals surface area contributed by atoms with E-state index in [2.05, 4.69) is 18.1 Å². The molecule has 1 unspecified atom stereocenters. The second kappa shape index (κ2) is 4.96. The first-order valence-electron chi connectivity index (χ1n) is 4.86. The standard InChI is InChI=1S/C12H18N2O/c1-8(2)12(14-13)10-7-9(3)5-6-11(10)15-4/h5-7,12,14H,1,13H2,2-4H3. The Kier molecular flexibility index (Phi) is 3.88. The van der Waals surface area contributed by atoms with E-state index >= 15 is 0 Å². The molecule has 0 aliphatic carbocycles. The lowest BCUT2D eigenvalue weighted by Crippen LogP contribution is -2.28. The van der Waals surface area contributed by atoms with Crippen molar-refractivity contribution < 1.29 is 4.74 Å². The summed E-state index contributed by atoms with van der Waals surface area (Å²) in [7, 11) is 1.65. The van der Waals surface area contributed by atoms with Crippen molar-refractivity contribution in [1.29, 1.82) is 0 Å². The SMILES string of the molecule is C=C(C)C(NN)c1cc(C)ccc1OC. The first-order valence-corrected chi connectivity index (χ1v) is 4.86. The molecule has 82 valence electrons. The molecule has 0 radical (unpaired) electrons. The van der Waals surface area contributed by atoms with Crippen LogP contribution >= 0.6 is 0 Å². The molecule has 0 bridgehead atoms. The van der Waals surface area contributed by atoms with Crippen molar-refractivity contribution in [3.63, 3.8) is 0 Å². The number of hydrazine groups is 1. The highest BCUT2D eigenvalue weighted by molar-refractivity contribution is 5.41. The Hall–Kier alpha value is -1.32. The fourth-order valence-electron chi connectivity index (χ4n) is 1.58. The van der Waals surface area contributed by atoms with Crippen molar-refractivity contribution >= 4 is 0 Å². The third-order valence-corrected chi connectivity index (χ3v) is 2.36. The zero-order valence-electron chi connectivity index (χ0n) is 9.50. The van der Waals surface area contributed by atoms with Gasteiger partial charge < -0.3 is 4.74 Å². The van der Waals surface area contributed by atoms with Crippen LogP contribution in [-0.4, -0.2) is 7.11 Å². The van der Waals surface area contributed by atoms with Gasteiger partial charge in [-0.25, -0.2) is 5.43 Å². The van der Waals surface area contributed by atoms with Gasteiger partial charge in [-0.05, 0) is 19.9 Å². The quantitative estimate of drug-likeness (QED) is 0.450. The Bertz CT molecular complexity index is 361. The Morgan fingerprint density at radius 2 is 2.20 bits per heavy atom. The Morgan fingerprint density at radius 1 is 1.53 bits per heavy atom. The number of nitrogens with two attached hydrogens (primary N) is 1. The highest BCUT2D eigenvalue weighted by Crippen LogP contribution is 2.29. The van der Waals surface area contributed by atoms with Gasteiger partial charge >= 0.3 is 0 Å². The van der Waals surface area contributed by atoms with Crippen LogP contribution in [0.15, 0.2) is 30.4 Å². The summed E-state index contributed by atoms with van der Waals surface area (Å²) < 4.78 is 5.30. The molecule has 1 aromatic carbocycles. The summed E-state index contributed by atoms with van der Waals surface area (Å²) in [5.74, 6) is 6.34. The lowest BCUT2D eigenvalue weighted by molar-refractivity contribution is 0.403. The lowest BCUT2D eigenvalue weighted by atomic mass is 9.99. The van der Waals surface area contributed by atoms with Crippen molar-refractivity contribution in [3.05, 3.63) is 41.5 Å². The topological polar surface area (TPSA) is 47.3 Å². The van der Waals surface area contributed by atoms with E-state index in [1.165, 1.54) is 5.56 Å². The minimum atomic E-state index is -0.0696. The summed E-state index contributed by atoms with van der Waals surface area (Å²) in [6.07, 6.45) is 0. The molecular weight excluding hydrogens is 188 g/mol. The molecular formula is C12H18N2O. The fourth-order valence-corrected chi connectivity index (χ4v) is 1.58. The molecule has 3 nitrogen and oxygen atoms in total. The average molecular weight is 206 g/mol. The first-order chi connectivity index (χ1) is 7.10. The fraction of sp³-hybridized carbons (Fsp3) is 0.333. The predicted molar refractivity (Wildman–Crippen MR) is 62.6 cm³/mol. The highest BCUT2D eigenvalue weighted by Gasteiger charge is 2.15. The van der Waals surface area contributed by atoms with Gasteiger partial charge in [0.25, 0.3) is 0 Å². The minimum Gasteiger partial charge on any atom is -0.496 e. The second-order valence-electron chi connectivity index (χ2n) is 3.69.